The number of fused-ring (bicyclic) bond motifs is 1. The van der Waals surface area contributed by atoms with Crippen LogP contribution in [0.1, 0.15) is 18.7 Å². The zero-order chi connectivity index (χ0) is 10.3. The average molecular weight is 267 g/mol. The third-order valence-corrected chi connectivity index (χ3v) is 3.10. The van der Waals surface area contributed by atoms with E-state index < -0.39 is 0 Å². The summed E-state index contributed by atoms with van der Waals surface area (Å²) in [6, 6.07) is 4.62. The second-order valence-electron chi connectivity index (χ2n) is 3.81. The highest BCUT2D eigenvalue weighted by Crippen LogP contribution is 2.19. The van der Waals surface area contributed by atoms with Crippen LogP contribution < -0.4 is 5.32 Å². The Morgan fingerprint density at radius 2 is 2.40 bits per heavy atom. The maximum absolute atomic E-state index is 4.45. The maximum Gasteiger partial charge on any atom is 0.169 e. The molecule has 2 aromatic heterocycles. The van der Waals surface area contributed by atoms with Crippen molar-refractivity contribution in [2.45, 2.75) is 25.4 Å². The Morgan fingerprint density at radius 1 is 1.53 bits per heavy atom. The van der Waals surface area contributed by atoms with Crippen LogP contribution in [-0.4, -0.2) is 20.6 Å². The van der Waals surface area contributed by atoms with Gasteiger partial charge < -0.3 is 5.32 Å². The van der Waals surface area contributed by atoms with E-state index in [1.54, 1.807) is 4.52 Å². The van der Waals surface area contributed by atoms with Gasteiger partial charge in [-0.05, 0) is 40.9 Å². The van der Waals surface area contributed by atoms with Crippen molar-refractivity contribution >= 4 is 21.6 Å². The second kappa shape index (κ2) is 3.57. The van der Waals surface area contributed by atoms with Crippen molar-refractivity contribution in [1.29, 1.82) is 0 Å². The molecule has 2 aromatic rings. The lowest BCUT2D eigenvalue weighted by Gasteiger charge is -1.95. The van der Waals surface area contributed by atoms with E-state index in [0.29, 0.717) is 6.04 Å². The normalized spacial score (nSPS) is 16.1. The van der Waals surface area contributed by atoms with Crippen molar-refractivity contribution < 1.29 is 0 Å². The molecule has 0 radical (unpaired) electrons. The van der Waals surface area contributed by atoms with Crippen molar-refractivity contribution in [2.75, 3.05) is 0 Å². The van der Waals surface area contributed by atoms with E-state index in [4.69, 9.17) is 0 Å². The molecule has 0 aromatic carbocycles. The molecule has 0 amide bonds. The van der Waals surface area contributed by atoms with E-state index >= 15 is 0 Å². The molecule has 1 N–H and O–H groups in total. The van der Waals surface area contributed by atoms with Crippen LogP contribution >= 0.6 is 15.9 Å². The average Bonchev–Trinajstić information content (AvgIpc) is 2.95. The van der Waals surface area contributed by atoms with Gasteiger partial charge in [-0.2, -0.15) is 0 Å². The molecule has 3 rings (SSSR count). The van der Waals surface area contributed by atoms with Crippen molar-refractivity contribution in [3.63, 3.8) is 0 Å². The number of hydrogen-bond donors (Lipinski definition) is 1. The molecule has 1 aliphatic rings. The lowest BCUT2D eigenvalue weighted by Crippen LogP contribution is -2.16. The first-order valence-corrected chi connectivity index (χ1v) is 5.85. The summed E-state index contributed by atoms with van der Waals surface area (Å²) >= 11 is 3.46. The molecule has 0 unspecified atom stereocenters. The summed E-state index contributed by atoms with van der Waals surface area (Å²) in [6.07, 6.45) is 4.49. The van der Waals surface area contributed by atoms with Gasteiger partial charge in [0.2, 0.25) is 0 Å². The van der Waals surface area contributed by atoms with Crippen LogP contribution in [0.15, 0.2) is 22.8 Å². The van der Waals surface area contributed by atoms with Crippen molar-refractivity contribution in [3.05, 3.63) is 28.6 Å². The van der Waals surface area contributed by atoms with Crippen LogP contribution in [0.2, 0.25) is 0 Å². The SMILES string of the molecule is Brc1cccn2nc(CNC3CC3)nc12. The predicted octanol–water partition coefficient (Wildman–Crippen LogP) is 1.74. The molecule has 15 heavy (non-hydrogen) atoms. The highest BCUT2D eigenvalue weighted by atomic mass is 79.9. The summed E-state index contributed by atoms with van der Waals surface area (Å²) < 4.78 is 2.78. The molecule has 0 saturated heterocycles. The highest BCUT2D eigenvalue weighted by Gasteiger charge is 2.20. The van der Waals surface area contributed by atoms with Crippen molar-refractivity contribution in [1.82, 2.24) is 19.9 Å². The van der Waals surface area contributed by atoms with E-state index in [1.807, 2.05) is 18.3 Å². The quantitative estimate of drug-likeness (QED) is 0.921. The molecular weight excluding hydrogens is 256 g/mol. The molecule has 1 saturated carbocycles. The number of aromatic nitrogens is 3. The molecule has 1 fully saturated rings. The summed E-state index contributed by atoms with van der Waals surface area (Å²) in [5.74, 6) is 0.855. The van der Waals surface area contributed by atoms with Crippen molar-refractivity contribution in [3.8, 4) is 0 Å². The minimum atomic E-state index is 0.694. The number of pyridine rings is 1. The molecule has 4 nitrogen and oxygen atoms in total. The van der Waals surface area contributed by atoms with Crippen LogP contribution in [-0.2, 0) is 6.54 Å². The van der Waals surface area contributed by atoms with E-state index in [1.165, 1.54) is 12.8 Å². The minimum Gasteiger partial charge on any atom is -0.307 e. The summed E-state index contributed by atoms with van der Waals surface area (Å²) in [5.41, 5.74) is 0.880. The van der Waals surface area contributed by atoms with E-state index in [0.717, 1.165) is 22.5 Å². The molecule has 0 atom stereocenters. The van der Waals surface area contributed by atoms with Crippen LogP contribution in [0, 0.1) is 0 Å². The number of nitrogens with zero attached hydrogens (tertiary/aromatic N) is 3. The smallest absolute Gasteiger partial charge is 0.169 e. The fourth-order valence-electron chi connectivity index (χ4n) is 1.52. The van der Waals surface area contributed by atoms with Gasteiger partial charge in [0.1, 0.15) is 0 Å². The lowest BCUT2D eigenvalue weighted by molar-refractivity contribution is 0.656. The van der Waals surface area contributed by atoms with Gasteiger partial charge in [-0.15, -0.1) is 5.10 Å². The van der Waals surface area contributed by atoms with Gasteiger partial charge in [0.25, 0.3) is 0 Å². The number of nitrogens with one attached hydrogen (secondary N) is 1. The summed E-state index contributed by atoms with van der Waals surface area (Å²) in [7, 11) is 0. The number of rotatable bonds is 3. The Kier molecular flexibility index (Phi) is 2.21. The first kappa shape index (κ1) is 9.30. The summed E-state index contributed by atoms with van der Waals surface area (Å²) in [5, 5.41) is 7.79. The molecule has 1 aliphatic carbocycles. The highest BCUT2D eigenvalue weighted by molar-refractivity contribution is 9.10. The Bertz CT molecular complexity index is 489. The largest absolute Gasteiger partial charge is 0.307 e. The van der Waals surface area contributed by atoms with Crippen LogP contribution in [0.25, 0.3) is 5.65 Å². The van der Waals surface area contributed by atoms with Crippen LogP contribution in [0.4, 0.5) is 0 Å². The molecular formula is C10H11BrN4. The zero-order valence-electron chi connectivity index (χ0n) is 8.15. The lowest BCUT2D eigenvalue weighted by atomic mass is 10.5. The predicted molar refractivity (Wildman–Crippen MR) is 60.5 cm³/mol. The number of hydrogen-bond acceptors (Lipinski definition) is 3. The van der Waals surface area contributed by atoms with E-state index in [-0.39, 0.29) is 0 Å². The Labute approximate surface area is 95.8 Å². The fourth-order valence-corrected chi connectivity index (χ4v) is 1.94. The molecule has 5 heteroatoms. The third kappa shape index (κ3) is 1.89. The molecule has 0 bridgehead atoms. The third-order valence-electron chi connectivity index (χ3n) is 2.48. The Hall–Kier alpha value is -0.940. The Morgan fingerprint density at radius 3 is 3.13 bits per heavy atom. The monoisotopic (exact) mass is 266 g/mol. The molecule has 0 aliphatic heterocycles. The van der Waals surface area contributed by atoms with Crippen LogP contribution in [0.5, 0.6) is 0 Å². The van der Waals surface area contributed by atoms with Gasteiger partial charge in [0.15, 0.2) is 11.5 Å². The zero-order valence-corrected chi connectivity index (χ0v) is 9.74. The first-order chi connectivity index (χ1) is 7.33. The molecule has 78 valence electrons. The van der Waals surface area contributed by atoms with Gasteiger partial charge in [-0.1, -0.05) is 0 Å². The van der Waals surface area contributed by atoms with Gasteiger partial charge >= 0.3 is 0 Å². The van der Waals surface area contributed by atoms with E-state index in [2.05, 4.69) is 31.3 Å². The van der Waals surface area contributed by atoms with Gasteiger partial charge in [-0.25, -0.2) is 9.50 Å². The van der Waals surface area contributed by atoms with Gasteiger partial charge in [-0.3, -0.25) is 0 Å². The number of halogens is 1. The summed E-state index contributed by atoms with van der Waals surface area (Å²) in [4.78, 5) is 4.45. The minimum absolute atomic E-state index is 0.694. The van der Waals surface area contributed by atoms with Crippen LogP contribution in [0.3, 0.4) is 0 Å². The Balaban J connectivity index is 1.88. The molecule has 0 spiro atoms. The van der Waals surface area contributed by atoms with Crippen molar-refractivity contribution in [2.24, 2.45) is 0 Å². The van der Waals surface area contributed by atoms with Gasteiger partial charge in [0.05, 0.1) is 11.0 Å². The second-order valence-corrected chi connectivity index (χ2v) is 4.66. The fraction of sp³-hybridized carbons (Fsp3) is 0.400. The molecule has 2 heterocycles. The topological polar surface area (TPSA) is 42.2 Å². The standard InChI is InChI=1S/C10H11BrN4/c11-8-2-1-5-15-10(8)13-9(14-15)6-12-7-3-4-7/h1-2,5,7,12H,3-4,6H2. The van der Waals surface area contributed by atoms with Gasteiger partial charge in [0, 0.05) is 12.2 Å². The maximum atomic E-state index is 4.45. The summed E-state index contributed by atoms with van der Waals surface area (Å²) in [6.45, 7) is 0.763. The first-order valence-electron chi connectivity index (χ1n) is 5.06. The van der Waals surface area contributed by atoms with E-state index in [9.17, 15) is 0 Å².